The Hall–Kier alpha value is -2.43. The molecule has 3 aromatic heterocycles. The van der Waals surface area contributed by atoms with Gasteiger partial charge >= 0.3 is 6.18 Å². The van der Waals surface area contributed by atoms with Crippen LogP contribution >= 0.6 is 11.8 Å². The number of nitrogens with zero attached hydrogens (tertiary/aromatic N) is 6. The van der Waals surface area contributed by atoms with Gasteiger partial charge in [-0.3, -0.25) is 9.55 Å². The van der Waals surface area contributed by atoms with E-state index in [0.29, 0.717) is 23.7 Å². The number of halogens is 3. The Morgan fingerprint density at radius 2 is 1.96 bits per heavy atom. The maximum atomic E-state index is 13.0. The van der Waals surface area contributed by atoms with Gasteiger partial charge in [-0.15, -0.1) is 10.2 Å². The number of thioether (sulfide) groups is 1. The average Bonchev–Trinajstić information content (AvgIpc) is 3.19. The summed E-state index contributed by atoms with van der Waals surface area (Å²) in [4.78, 5) is 7.98. The van der Waals surface area contributed by atoms with Crippen molar-refractivity contribution in [2.45, 2.75) is 37.0 Å². The summed E-state index contributed by atoms with van der Waals surface area (Å²) in [5, 5.41) is 11.7. The van der Waals surface area contributed by atoms with E-state index in [0.717, 1.165) is 16.3 Å². The Morgan fingerprint density at radius 1 is 1.20 bits per heavy atom. The average molecular weight is 370 g/mol. The lowest BCUT2D eigenvalue weighted by Gasteiger charge is -2.12. The Morgan fingerprint density at radius 3 is 2.60 bits per heavy atom. The largest absolute Gasteiger partial charge is 0.406 e. The van der Waals surface area contributed by atoms with Gasteiger partial charge in [-0.25, -0.2) is 0 Å². The molecule has 0 aromatic carbocycles. The molecule has 0 spiro atoms. The molecule has 3 rings (SSSR count). The number of rotatable bonds is 6. The predicted molar refractivity (Wildman–Crippen MR) is 82.5 cm³/mol. The maximum Gasteiger partial charge on any atom is 0.406 e. The van der Waals surface area contributed by atoms with Crippen molar-refractivity contribution in [3.63, 3.8) is 0 Å². The van der Waals surface area contributed by atoms with E-state index in [-0.39, 0.29) is 16.7 Å². The van der Waals surface area contributed by atoms with Crippen molar-refractivity contribution < 1.29 is 17.7 Å². The molecule has 0 radical (unpaired) electrons. The van der Waals surface area contributed by atoms with Gasteiger partial charge in [0.15, 0.2) is 16.8 Å². The Balaban J connectivity index is 1.86. The molecule has 0 N–H and O–H groups in total. The van der Waals surface area contributed by atoms with Crippen molar-refractivity contribution in [3.8, 4) is 11.4 Å². The van der Waals surface area contributed by atoms with E-state index in [1.165, 1.54) is 12.4 Å². The van der Waals surface area contributed by atoms with Crippen LogP contribution in [0.25, 0.3) is 11.4 Å². The zero-order valence-corrected chi connectivity index (χ0v) is 13.9. The van der Waals surface area contributed by atoms with Crippen LogP contribution in [0.3, 0.4) is 0 Å². The number of hydrogen-bond donors (Lipinski definition) is 0. The second-order valence-corrected chi connectivity index (χ2v) is 5.93. The van der Waals surface area contributed by atoms with Crippen LogP contribution in [-0.2, 0) is 18.7 Å². The molecule has 3 heterocycles. The van der Waals surface area contributed by atoms with E-state index in [1.54, 1.807) is 12.1 Å². The lowest BCUT2D eigenvalue weighted by molar-refractivity contribution is -0.141. The van der Waals surface area contributed by atoms with Gasteiger partial charge in [0.1, 0.15) is 6.54 Å². The minimum Gasteiger partial charge on any atom is -0.338 e. The van der Waals surface area contributed by atoms with Crippen LogP contribution in [0.15, 0.2) is 34.2 Å². The maximum absolute atomic E-state index is 13.0. The molecule has 0 fully saturated rings. The first-order valence-corrected chi connectivity index (χ1v) is 8.29. The smallest absolute Gasteiger partial charge is 0.338 e. The van der Waals surface area contributed by atoms with Gasteiger partial charge in [0, 0.05) is 24.4 Å². The van der Waals surface area contributed by atoms with E-state index >= 15 is 0 Å². The summed E-state index contributed by atoms with van der Waals surface area (Å²) in [6, 6.07) is 3.16. The SMILES string of the molecule is CCc1noc(CSc2nnc(-c3ccncc3)n2CC(F)(F)F)n1. The van der Waals surface area contributed by atoms with Crippen LogP contribution in [0.4, 0.5) is 13.2 Å². The molecule has 132 valence electrons. The fraction of sp³-hybridized carbons (Fsp3) is 0.357. The van der Waals surface area contributed by atoms with Crippen LogP contribution in [0, 0.1) is 0 Å². The fourth-order valence-electron chi connectivity index (χ4n) is 2.05. The monoisotopic (exact) mass is 370 g/mol. The molecule has 0 aliphatic carbocycles. The van der Waals surface area contributed by atoms with Crippen molar-refractivity contribution in [3.05, 3.63) is 36.2 Å². The molecule has 25 heavy (non-hydrogen) atoms. The molecule has 0 saturated carbocycles. The molecule has 0 bridgehead atoms. The number of hydrogen-bond acceptors (Lipinski definition) is 7. The molecule has 0 unspecified atom stereocenters. The van der Waals surface area contributed by atoms with Crippen molar-refractivity contribution in [1.29, 1.82) is 0 Å². The van der Waals surface area contributed by atoms with Gasteiger partial charge in [-0.2, -0.15) is 18.2 Å². The summed E-state index contributed by atoms with van der Waals surface area (Å²) in [6.07, 6.45) is -0.817. The van der Waals surface area contributed by atoms with Crippen LogP contribution in [-0.4, -0.2) is 36.1 Å². The highest BCUT2D eigenvalue weighted by molar-refractivity contribution is 7.98. The number of aryl methyl sites for hydroxylation is 1. The second kappa shape index (κ2) is 7.21. The topological polar surface area (TPSA) is 82.5 Å². The third kappa shape index (κ3) is 4.35. The van der Waals surface area contributed by atoms with Gasteiger partial charge in [-0.1, -0.05) is 23.8 Å². The summed E-state index contributed by atoms with van der Waals surface area (Å²) < 4.78 is 45.0. The molecule has 7 nitrogen and oxygen atoms in total. The molecular formula is C14H13F3N6OS. The first kappa shape index (κ1) is 17.4. The fourth-order valence-corrected chi connectivity index (χ4v) is 2.83. The molecule has 0 aliphatic heterocycles. The summed E-state index contributed by atoms with van der Waals surface area (Å²) in [5.74, 6) is 1.21. The minimum absolute atomic E-state index is 0.125. The lowest BCUT2D eigenvalue weighted by Crippen LogP contribution is -2.19. The second-order valence-electron chi connectivity index (χ2n) is 4.99. The zero-order valence-electron chi connectivity index (χ0n) is 13.1. The quantitative estimate of drug-likeness (QED) is 0.617. The normalized spacial score (nSPS) is 11.8. The van der Waals surface area contributed by atoms with Gasteiger partial charge in [0.2, 0.25) is 5.89 Å². The van der Waals surface area contributed by atoms with Gasteiger partial charge in [0.25, 0.3) is 0 Å². The van der Waals surface area contributed by atoms with Crippen molar-refractivity contribution in [2.24, 2.45) is 0 Å². The van der Waals surface area contributed by atoms with E-state index < -0.39 is 12.7 Å². The van der Waals surface area contributed by atoms with Crippen molar-refractivity contribution >= 4 is 11.8 Å². The first-order chi connectivity index (χ1) is 12.0. The Labute approximate surface area is 144 Å². The van der Waals surface area contributed by atoms with Gasteiger partial charge in [0.05, 0.1) is 5.75 Å². The van der Waals surface area contributed by atoms with Gasteiger partial charge < -0.3 is 4.52 Å². The van der Waals surface area contributed by atoms with Crippen LogP contribution in [0.2, 0.25) is 0 Å². The van der Waals surface area contributed by atoms with E-state index in [4.69, 9.17) is 4.52 Å². The van der Waals surface area contributed by atoms with E-state index in [2.05, 4.69) is 25.3 Å². The third-order valence-corrected chi connectivity index (χ3v) is 4.10. The summed E-state index contributed by atoms with van der Waals surface area (Å²) >= 11 is 1.06. The number of alkyl halides is 3. The molecule has 0 saturated heterocycles. The van der Waals surface area contributed by atoms with Crippen LogP contribution in [0.5, 0.6) is 0 Å². The highest BCUT2D eigenvalue weighted by Crippen LogP contribution is 2.29. The molecule has 3 aromatic rings. The molecular weight excluding hydrogens is 357 g/mol. The first-order valence-electron chi connectivity index (χ1n) is 7.31. The van der Waals surface area contributed by atoms with Gasteiger partial charge in [-0.05, 0) is 12.1 Å². The van der Waals surface area contributed by atoms with Crippen molar-refractivity contribution in [1.82, 2.24) is 29.9 Å². The van der Waals surface area contributed by atoms with E-state index in [9.17, 15) is 13.2 Å². The van der Waals surface area contributed by atoms with E-state index in [1.807, 2.05) is 6.92 Å². The molecule has 0 amide bonds. The molecule has 0 atom stereocenters. The Bertz CT molecular complexity index is 833. The predicted octanol–water partition coefficient (Wildman–Crippen LogP) is 3.14. The number of pyridine rings is 1. The molecule has 0 aliphatic rings. The third-order valence-electron chi connectivity index (χ3n) is 3.14. The minimum atomic E-state index is -4.40. The highest BCUT2D eigenvalue weighted by Gasteiger charge is 2.31. The summed E-state index contributed by atoms with van der Waals surface area (Å²) in [7, 11) is 0. The lowest BCUT2D eigenvalue weighted by atomic mass is 10.2. The Kier molecular flexibility index (Phi) is 5.02. The highest BCUT2D eigenvalue weighted by atomic mass is 32.2. The zero-order chi connectivity index (χ0) is 17.9. The summed E-state index contributed by atoms with van der Waals surface area (Å²) in [5.41, 5.74) is 0.504. The molecule has 11 heteroatoms. The standard InChI is InChI=1S/C14H13F3N6OS/c1-2-10-19-11(24-22-10)7-25-13-21-20-12(9-3-5-18-6-4-9)23(13)8-14(15,16)17/h3-6H,2,7-8H2,1H3. The van der Waals surface area contributed by atoms with Crippen LogP contribution < -0.4 is 0 Å². The van der Waals surface area contributed by atoms with Crippen molar-refractivity contribution in [2.75, 3.05) is 0 Å². The number of aromatic nitrogens is 6. The van der Waals surface area contributed by atoms with Crippen LogP contribution in [0.1, 0.15) is 18.6 Å². The summed E-state index contributed by atoms with van der Waals surface area (Å²) in [6.45, 7) is 0.687.